The number of benzene rings is 4. The number of halogens is 3. The minimum Gasteiger partial charge on any atom is -0.494 e. The van der Waals surface area contributed by atoms with Crippen LogP contribution in [0.2, 0.25) is 5.02 Å². The molecule has 1 aliphatic carbocycles. The molecule has 0 bridgehead atoms. The third kappa shape index (κ3) is 7.34. The molecule has 232 valence electrons. The Morgan fingerprint density at radius 3 is 1.89 bits per heavy atom. The molecule has 0 saturated heterocycles. The van der Waals surface area contributed by atoms with Gasteiger partial charge in [0.2, 0.25) is 0 Å². The predicted octanol–water partition coefficient (Wildman–Crippen LogP) is 9.90. The fourth-order valence-electron chi connectivity index (χ4n) is 6.56. The number of hydrogen-bond donors (Lipinski definition) is 0. The Morgan fingerprint density at radius 2 is 1.32 bits per heavy atom. The SMILES string of the molecule is CCOc1ccc(Cc2cc([C@H]3[C@H](OCc4ccccc4)[C@@H](OCc4ccccc4)[C@H](C)[C@@H](CC)C3(F)F)ccc2Cl)cc1. The maximum absolute atomic E-state index is 16.8. The van der Waals surface area contributed by atoms with Crippen LogP contribution in [0, 0.1) is 11.8 Å². The van der Waals surface area contributed by atoms with Crippen LogP contribution in [0.5, 0.6) is 5.75 Å². The number of hydrogen-bond acceptors (Lipinski definition) is 3. The van der Waals surface area contributed by atoms with E-state index in [4.69, 9.17) is 25.8 Å². The van der Waals surface area contributed by atoms with Gasteiger partial charge in [0.25, 0.3) is 5.92 Å². The lowest BCUT2D eigenvalue weighted by Crippen LogP contribution is -2.58. The third-order valence-corrected chi connectivity index (χ3v) is 9.15. The van der Waals surface area contributed by atoms with Crippen LogP contribution in [0.1, 0.15) is 60.9 Å². The van der Waals surface area contributed by atoms with Gasteiger partial charge in [0, 0.05) is 10.9 Å². The maximum Gasteiger partial charge on any atom is 0.260 e. The molecule has 0 unspecified atom stereocenters. The van der Waals surface area contributed by atoms with Gasteiger partial charge in [-0.15, -0.1) is 0 Å². The predicted molar refractivity (Wildman–Crippen MR) is 173 cm³/mol. The smallest absolute Gasteiger partial charge is 0.260 e. The van der Waals surface area contributed by atoms with Crippen molar-refractivity contribution in [3.8, 4) is 5.75 Å². The van der Waals surface area contributed by atoms with Crippen molar-refractivity contribution < 1.29 is 23.0 Å². The number of ether oxygens (including phenoxy) is 3. The highest BCUT2D eigenvalue weighted by Crippen LogP contribution is 2.54. The first-order valence-electron chi connectivity index (χ1n) is 15.5. The fraction of sp³-hybridized carbons (Fsp3) is 0.368. The summed E-state index contributed by atoms with van der Waals surface area (Å²) in [5.74, 6) is -4.77. The molecular formula is C38H41ClF2O3. The Labute approximate surface area is 265 Å². The average molecular weight is 619 g/mol. The van der Waals surface area contributed by atoms with E-state index in [1.165, 1.54) is 0 Å². The first-order chi connectivity index (χ1) is 21.3. The largest absolute Gasteiger partial charge is 0.494 e. The van der Waals surface area contributed by atoms with E-state index in [1.807, 2.05) is 112 Å². The van der Waals surface area contributed by atoms with Gasteiger partial charge in [-0.3, -0.25) is 0 Å². The fourth-order valence-corrected chi connectivity index (χ4v) is 6.74. The number of rotatable bonds is 12. The molecule has 0 amide bonds. The molecule has 1 fully saturated rings. The minimum absolute atomic E-state index is 0.208. The van der Waals surface area contributed by atoms with Crippen molar-refractivity contribution in [1.29, 1.82) is 0 Å². The van der Waals surface area contributed by atoms with Crippen LogP contribution in [0.3, 0.4) is 0 Å². The molecule has 1 aliphatic rings. The van der Waals surface area contributed by atoms with E-state index in [0.29, 0.717) is 36.6 Å². The van der Waals surface area contributed by atoms with Gasteiger partial charge in [-0.2, -0.15) is 0 Å². The van der Waals surface area contributed by atoms with Crippen molar-refractivity contribution in [2.24, 2.45) is 11.8 Å². The van der Waals surface area contributed by atoms with E-state index in [0.717, 1.165) is 28.0 Å². The average Bonchev–Trinajstić information content (AvgIpc) is 3.03. The second-order valence-corrected chi connectivity index (χ2v) is 12.1. The molecular weight excluding hydrogens is 578 g/mol. The molecule has 0 N–H and O–H groups in total. The monoisotopic (exact) mass is 618 g/mol. The van der Waals surface area contributed by atoms with E-state index in [1.54, 1.807) is 12.1 Å². The van der Waals surface area contributed by atoms with Gasteiger partial charge in [0.15, 0.2) is 0 Å². The van der Waals surface area contributed by atoms with Gasteiger partial charge >= 0.3 is 0 Å². The molecule has 4 aromatic carbocycles. The van der Waals surface area contributed by atoms with Crippen LogP contribution in [0.15, 0.2) is 103 Å². The normalized spacial score (nSPS) is 22.9. The van der Waals surface area contributed by atoms with Crippen LogP contribution in [-0.4, -0.2) is 24.7 Å². The summed E-state index contributed by atoms with van der Waals surface area (Å²) in [6.07, 6.45) is -0.590. The summed E-state index contributed by atoms with van der Waals surface area (Å²) in [7, 11) is 0. The summed E-state index contributed by atoms with van der Waals surface area (Å²) in [5.41, 5.74) is 4.24. The van der Waals surface area contributed by atoms with Crippen molar-refractivity contribution >= 4 is 11.6 Å². The minimum atomic E-state index is -3.04. The Hall–Kier alpha value is -3.25. The summed E-state index contributed by atoms with van der Waals surface area (Å²) in [4.78, 5) is 0. The van der Waals surface area contributed by atoms with Crippen molar-refractivity contribution in [2.45, 2.75) is 70.9 Å². The van der Waals surface area contributed by atoms with Crippen LogP contribution < -0.4 is 4.74 Å². The van der Waals surface area contributed by atoms with Crippen molar-refractivity contribution in [2.75, 3.05) is 6.61 Å². The van der Waals surface area contributed by atoms with Crippen LogP contribution in [0.25, 0.3) is 0 Å². The van der Waals surface area contributed by atoms with Gasteiger partial charge in [0.05, 0.1) is 37.9 Å². The van der Waals surface area contributed by atoms with E-state index in [-0.39, 0.29) is 6.61 Å². The summed E-state index contributed by atoms with van der Waals surface area (Å²) in [6, 6.07) is 32.6. The van der Waals surface area contributed by atoms with E-state index in [2.05, 4.69) is 0 Å². The highest BCUT2D eigenvalue weighted by atomic mass is 35.5. The third-order valence-electron chi connectivity index (χ3n) is 8.78. The second-order valence-electron chi connectivity index (χ2n) is 11.7. The molecule has 5 rings (SSSR count). The maximum atomic E-state index is 16.8. The molecule has 4 aromatic rings. The van der Waals surface area contributed by atoms with Crippen LogP contribution >= 0.6 is 11.6 Å². The molecule has 0 heterocycles. The Morgan fingerprint density at radius 1 is 0.727 bits per heavy atom. The van der Waals surface area contributed by atoms with Crippen molar-refractivity contribution in [3.05, 3.63) is 136 Å². The summed E-state index contributed by atoms with van der Waals surface area (Å²) in [5, 5.41) is 0.542. The zero-order valence-electron chi connectivity index (χ0n) is 25.6. The lowest BCUT2D eigenvalue weighted by molar-refractivity contribution is -0.231. The lowest BCUT2D eigenvalue weighted by atomic mass is 9.65. The quantitative estimate of drug-likeness (QED) is 0.158. The first-order valence-corrected chi connectivity index (χ1v) is 15.9. The molecule has 1 saturated carbocycles. The molecule has 0 spiro atoms. The van der Waals surface area contributed by atoms with E-state index in [9.17, 15) is 0 Å². The zero-order valence-corrected chi connectivity index (χ0v) is 26.4. The molecule has 0 aromatic heterocycles. The van der Waals surface area contributed by atoms with Gasteiger partial charge in [-0.25, -0.2) is 8.78 Å². The standard InChI is InChI=1S/C38H41ClF2O3/c1-4-33-26(3)36(43-24-28-12-8-6-9-13-28)37(44-25-29-14-10-7-11-15-29)35(38(33,40)41)30-18-21-34(39)31(23-30)22-27-16-19-32(20-17-27)42-5-2/h6-21,23,26,33,35-37H,4-5,22,24-25H2,1-3H3/t26-,33-,35+,36+,37+/m1/s1. The Kier molecular flexibility index (Phi) is 10.7. The van der Waals surface area contributed by atoms with E-state index >= 15 is 8.78 Å². The Balaban J connectivity index is 1.52. The van der Waals surface area contributed by atoms with Gasteiger partial charge in [0.1, 0.15) is 5.75 Å². The second kappa shape index (κ2) is 14.7. The number of alkyl halides is 2. The molecule has 0 aliphatic heterocycles. The van der Waals surface area contributed by atoms with Crippen LogP contribution in [-0.2, 0) is 29.1 Å². The molecule has 44 heavy (non-hydrogen) atoms. The van der Waals surface area contributed by atoms with Gasteiger partial charge in [-0.1, -0.05) is 110 Å². The highest BCUT2D eigenvalue weighted by molar-refractivity contribution is 6.31. The molecule has 3 nitrogen and oxygen atoms in total. The van der Waals surface area contributed by atoms with Crippen molar-refractivity contribution in [3.63, 3.8) is 0 Å². The van der Waals surface area contributed by atoms with Crippen molar-refractivity contribution in [1.82, 2.24) is 0 Å². The summed E-state index contributed by atoms with van der Waals surface area (Å²) >= 11 is 6.67. The highest BCUT2D eigenvalue weighted by Gasteiger charge is 2.60. The van der Waals surface area contributed by atoms with Crippen LogP contribution in [0.4, 0.5) is 8.78 Å². The lowest BCUT2D eigenvalue weighted by Gasteiger charge is -2.50. The van der Waals surface area contributed by atoms with Gasteiger partial charge < -0.3 is 14.2 Å². The molecule has 0 radical (unpaired) electrons. The van der Waals surface area contributed by atoms with E-state index < -0.39 is 35.9 Å². The summed E-state index contributed by atoms with van der Waals surface area (Å²) < 4.78 is 52.2. The zero-order chi connectivity index (χ0) is 31.1. The van der Waals surface area contributed by atoms with Gasteiger partial charge in [-0.05, 0) is 71.7 Å². The summed E-state index contributed by atoms with van der Waals surface area (Å²) in [6.45, 7) is 6.78. The first kappa shape index (κ1) is 32.2. The molecule has 6 heteroatoms. The topological polar surface area (TPSA) is 27.7 Å². The molecule has 5 atom stereocenters. The Bertz CT molecular complexity index is 1460.